The molecule has 0 bridgehead atoms. The number of guanidine groups is 1. The molecule has 25 heavy (non-hydrogen) atoms. The summed E-state index contributed by atoms with van der Waals surface area (Å²) >= 11 is 1.67. The Labute approximate surface area is 168 Å². The minimum atomic E-state index is -4.15. The molecular weight excluding hydrogens is 466 g/mol. The van der Waals surface area contributed by atoms with Crippen LogP contribution < -0.4 is 10.6 Å². The first-order valence-electron chi connectivity index (χ1n) is 7.99. The van der Waals surface area contributed by atoms with Crippen LogP contribution in [0.3, 0.4) is 0 Å². The van der Waals surface area contributed by atoms with Gasteiger partial charge in [-0.1, -0.05) is 0 Å². The van der Waals surface area contributed by atoms with Crippen LogP contribution in [0.1, 0.15) is 23.2 Å². The fraction of sp³-hybridized carbons (Fsp3) is 0.733. The van der Waals surface area contributed by atoms with Crippen LogP contribution in [0.2, 0.25) is 0 Å². The summed E-state index contributed by atoms with van der Waals surface area (Å²) in [6.07, 6.45) is -0.897. The molecule has 0 saturated carbocycles. The first-order valence-corrected chi connectivity index (χ1v) is 8.80. The largest absolute Gasteiger partial charge is 0.401 e. The van der Waals surface area contributed by atoms with E-state index in [1.54, 1.807) is 11.3 Å². The standard InChI is InChI=1S/C15H26F3N5S.HI/c1-4-19-14(21-8-6-13-22-10-12(2)24-13)20-7-5-9-23(3)11-15(16,17)18;/h10H,4-9,11H2,1-3H3,(H2,19,20,21);1H. The van der Waals surface area contributed by atoms with Gasteiger partial charge in [0.1, 0.15) is 0 Å². The molecule has 0 aromatic carbocycles. The molecule has 0 aliphatic heterocycles. The van der Waals surface area contributed by atoms with Gasteiger partial charge in [-0.25, -0.2) is 4.98 Å². The summed E-state index contributed by atoms with van der Waals surface area (Å²) < 4.78 is 36.7. The summed E-state index contributed by atoms with van der Waals surface area (Å²) in [6, 6.07) is 0. The molecule has 5 nitrogen and oxygen atoms in total. The van der Waals surface area contributed by atoms with Gasteiger partial charge >= 0.3 is 6.18 Å². The van der Waals surface area contributed by atoms with Gasteiger partial charge in [0.05, 0.1) is 11.6 Å². The number of thiazole rings is 1. The Bertz CT molecular complexity index is 508. The number of alkyl halides is 3. The minimum Gasteiger partial charge on any atom is -0.357 e. The van der Waals surface area contributed by atoms with Gasteiger partial charge < -0.3 is 10.6 Å². The van der Waals surface area contributed by atoms with Crippen LogP contribution in [0.4, 0.5) is 13.2 Å². The van der Waals surface area contributed by atoms with Crippen LogP contribution in [0, 0.1) is 6.92 Å². The van der Waals surface area contributed by atoms with E-state index in [9.17, 15) is 13.2 Å². The zero-order chi connectivity index (χ0) is 18.0. The molecule has 0 radical (unpaired) electrons. The molecule has 0 atom stereocenters. The summed E-state index contributed by atoms with van der Waals surface area (Å²) in [5, 5.41) is 7.42. The van der Waals surface area contributed by atoms with Crippen molar-refractivity contribution >= 4 is 41.3 Å². The second-order valence-corrected chi connectivity index (χ2v) is 6.83. The zero-order valence-electron chi connectivity index (χ0n) is 14.8. The average Bonchev–Trinajstić information content (AvgIpc) is 2.87. The lowest BCUT2D eigenvalue weighted by Crippen LogP contribution is -2.38. The van der Waals surface area contributed by atoms with Gasteiger partial charge in [0.25, 0.3) is 0 Å². The van der Waals surface area contributed by atoms with Gasteiger partial charge in [-0.15, -0.1) is 35.3 Å². The summed E-state index contributed by atoms with van der Waals surface area (Å²) in [6.45, 7) is 5.40. The van der Waals surface area contributed by atoms with Gasteiger partial charge in [-0.2, -0.15) is 13.2 Å². The molecule has 1 rings (SSSR count). The Morgan fingerprint density at radius 1 is 1.36 bits per heavy atom. The zero-order valence-corrected chi connectivity index (χ0v) is 18.0. The average molecular weight is 493 g/mol. The minimum absolute atomic E-state index is 0. The SMILES string of the molecule is CCNC(=NCCCN(C)CC(F)(F)F)NCCc1ncc(C)s1.I. The van der Waals surface area contributed by atoms with Crippen molar-refractivity contribution < 1.29 is 13.2 Å². The molecule has 1 aromatic rings. The highest BCUT2D eigenvalue weighted by molar-refractivity contribution is 14.0. The molecular formula is C15H27F3IN5S. The second-order valence-electron chi connectivity index (χ2n) is 5.51. The van der Waals surface area contributed by atoms with E-state index in [1.807, 2.05) is 20.0 Å². The maximum absolute atomic E-state index is 12.2. The number of aryl methyl sites for hydroxylation is 1. The highest BCUT2D eigenvalue weighted by atomic mass is 127. The number of hydrogen-bond acceptors (Lipinski definition) is 4. The van der Waals surface area contributed by atoms with Crippen LogP contribution in [0.25, 0.3) is 0 Å². The second kappa shape index (κ2) is 12.7. The molecule has 10 heteroatoms. The summed E-state index contributed by atoms with van der Waals surface area (Å²) in [5.41, 5.74) is 0. The number of aromatic nitrogens is 1. The van der Waals surface area contributed by atoms with Crippen molar-refractivity contribution in [2.75, 3.05) is 39.8 Å². The van der Waals surface area contributed by atoms with Crippen LogP contribution in [0.5, 0.6) is 0 Å². The number of halogens is 4. The lowest BCUT2D eigenvalue weighted by Gasteiger charge is -2.18. The van der Waals surface area contributed by atoms with E-state index in [1.165, 1.54) is 16.8 Å². The van der Waals surface area contributed by atoms with Crippen LogP contribution in [-0.2, 0) is 6.42 Å². The third-order valence-corrected chi connectivity index (χ3v) is 4.03. The molecule has 0 aliphatic rings. The van der Waals surface area contributed by atoms with E-state index in [4.69, 9.17) is 0 Å². The maximum atomic E-state index is 12.2. The molecule has 1 heterocycles. The lowest BCUT2D eigenvalue weighted by molar-refractivity contribution is -0.143. The van der Waals surface area contributed by atoms with E-state index in [0.717, 1.165) is 18.0 Å². The molecule has 2 N–H and O–H groups in total. The van der Waals surface area contributed by atoms with Gasteiger partial charge in [-0.05, 0) is 33.9 Å². The lowest BCUT2D eigenvalue weighted by atomic mass is 10.4. The monoisotopic (exact) mass is 493 g/mol. The third kappa shape index (κ3) is 12.4. The molecule has 146 valence electrons. The quantitative estimate of drug-likeness (QED) is 0.241. The topological polar surface area (TPSA) is 52.6 Å². The number of nitrogens with one attached hydrogen (secondary N) is 2. The first kappa shape index (κ1) is 24.4. The van der Waals surface area contributed by atoms with Gasteiger partial charge in [-0.3, -0.25) is 9.89 Å². The number of rotatable bonds is 9. The molecule has 0 unspecified atom stereocenters. The van der Waals surface area contributed by atoms with Gasteiger partial charge in [0.15, 0.2) is 5.96 Å². The van der Waals surface area contributed by atoms with Crippen molar-refractivity contribution in [3.8, 4) is 0 Å². The third-order valence-electron chi connectivity index (χ3n) is 3.06. The van der Waals surface area contributed by atoms with Crippen molar-refractivity contribution in [2.24, 2.45) is 4.99 Å². The number of nitrogens with zero attached hydrogens (tertiary/aromatic N) is 3. The van der Waals surface area contributed by atoms with E-state index in [0.29, 0.717) is 32.0 Å². The van der Waals surface area contributed by atoms with Crippen molar-refractivity contribution in [3.63, 3.8) is 0 Å². The van der Waals surface area contributed by atoms with Crippen LogP contribution in [-0.4, -0.2) is 61.8 Å². The van der Waals surface area contributed by atoms with E-state index >= 15 is 0 Å². The first-order chi connectivity index (χ1) is 11.3. The Kier molecular flexibility index (Phi) is 12.4. The number of aliphatic imine (C=N–C) groups is 1. The maximum Gasteiger partial charge on any atom is 0.401 e. The molecule has 1 aromatic heterocycles. The Morgan fingerprint density at radius 3 is 2.64 bits per heavy atom. The smallest absolute Gasteiger partial charge is 0.357 e. The van der Waals surface area contributed by atoms with Crippen LogP contribution >= 0.6 is 35.3 Å². The fourth-order valence-electron chi connectivity index (χ4n) is 2.06. The normalized spacial score (nSPS) is 12.2. The van der Waals surface area contributed by atoms with Crippen molar-refractivity contribution in [2.45, 2.75) is 32.9 Å². The molecule has 0 amide bonds. The fourth-order valence-corrected chi connectivity index (χ4v) is 2.85. The highest BCUT2D eigenvalue weighted by Gasteiger charge is 2.28. The highest BCUT2D eigenvalue weighted by Crippen LogP contribution is 2.15. The molecule has 0 fully saturated rings. The number of hydrogen-bond donors (Lipinski definition) is 2. The summed E-state index contributed by atoms with van der Waals surface area (Å²) in [5.74, 6) is 0.684. The van der Waals surface area contributed by atoms with Crippen molar-refractivity contribution in [1.29, 1.82) is 0 Å². The van der Waals surface area contributed by atoms with Crippen LogP contribution in [0.15, 0.2) is 11.2 Å². The Morgan fingerprint density at radius 2 is 2.08 bits per heavy atom. The van der Waals surface area contributed by atoms with E-state index in [-0.39, 0.29) is 24.0 Å². The molecule has 0 saturated heterocycles. The van der Waals surface area contributed by atoms with Crippen molar-refractivity contribution in [1.82, 2.24) is 20.5 Å². The molecule has 0 aliphatic carbocycles. The van der Waals surface area contributed by atoms with Gasteiger partial charge in [0.2, 0.25) is 0 Å². The summed E-state index contributed by atoms with van der Waals surface area (Å²) in [4.78, 5) is 11.1. The predicted molar refractivity (Wildman–Crippen MR) is 108 cm³/mol. The Hall–Kier alpha value is -0.620. The van der Waals surface area contributed by atoms with E-state index < -0.39 is 12.7 Å². The Balaban J connectivity index is 0.00000576. The van der Waals surface area contributed by atoms with Gasteiger partial charge in [0, 0.05) is 37.1 Å². The van der Waals surface area contributed by atoms with Crippen molar-refractivity contribution in [3.05, 3.63) is 16.1 Å². The van der Waals surface area contributed by atoms with E-state index in [2.05, 4.69) is 20.6 Å². The molecule has 0 spiro atoms. The summed E-state index contributed by atoms with van der Waals surface area (Å²) in [7, 11) is 1.47. The predicted octanol–water partition coefficient (Wildman–Crippen LogP) is 3.05.